The second-order valence-corrected chi connectivity index (χ2v) is 5.41. The Kier molecular flexibility index (Phi) is 6.98. The smallest absolute Gasteiger partial charge is 0.323 e. The fraction of sp³-hybridized carbons (Fsp3) is 0.263. The van der Waals surface area contributed by atoms with Crippen molar-refractivity contribution in [3.8, 4) is 5.75 Å². The Morgan fingerprint density at radius 1 is 1.04 bits per heavy atom. The lowest BCUT2D eigenvalue weighted by Gasteiger charge is -2.21. The maximum atomic E-state index is 12.7. The van der Waals surface area contributed by atoms with Crippen molar-refractivity contribution >= 4 is 11.9 Å². The van der Waals surface area contributed by atoms with Crippen LogP contribution in [0.25, 0.3) is 0 Å². The quantitative estimate of drug-likeness (QED) is 0.708. The molecule has 2 rings (SSSR count). The average molecular weight is 343 g/mol. The largest absolute Gasteiger partial charge is 0.491 e. The van der Waals surface area contributed by atoms with Crippen LogP contribution >= 0.6 is 0 Å². The second-order valence-electron chi connectivity index (χ2n) is 5.41. The zero-order valence-corrected chi connectivity index (χ0v) is 14.1. The van der Waals surface area contributed by atoms with Gasteiger partial charge in [0, 0.05) is 19.2 Å². The van der Waals surface area contributed by atoms with Gasteiger partial charge in [0.1, 0.15) is 18.9 Å². The number of nitrogens with zero attached hydrogens (tertiary/aromatic N) is 1. The van der Waals surface area contributed by atoms with Crippen LogP contribution in [0.15, 0.2) is 54.6 Å². The molecule has 0 heterocycles. The molecule has 0 radical (unpaired) electrons. The predicted octanol–water partition coefficient (Wildman–Crippen LogP) is 2.44. The molecule has 0 aliphatic rings. The molecule has 2 aromatic carbocycles. The predicted molar refractivity (Wildman–Crippen MR) is 92.6 cm³/mol. The Morgan fingerprint density at radius 2 is 1.80 bits per heavy atom. The molecule has 25 heavy (non-hydrogen) atoms. The number of rotatable bonds is 9. The van der Waals surface area contributed by atoms with E-state index in [1.54, 1.807) is 31.4 Å². The summed E-state index contributed by atoms with van der Waals surface area (Å²) in [6, 6.07) is 16.0. The van der Waals surface area contributed by atoms with Crippen LogP contribution in [0, 0.1) is 0 Å². The number of carbonyl (C=O) groups is 2. The first-order valence-corrected chi connectivity index (χ1v) is 7.87. The summed E-state index contributed by atoms with van der Waals surface area (Å²) in [5, 5.41) is 9.12. The van der Waals surface area contributed by atoms with E-state index in [0.29, 0.717) is 24.5 Å². The monoisotopic (exact) mass is 343 g/mol. The standard InChI is InChI=1S/C19H21NO5/c1-24-10-11-25-17-9-5-8-16(12-17)19(23)20(14-18(21)22)13-15-6-3-2-4-7-15/h2-9,12H,10-11,13-14H2,1H3,(H,21,22). The molecule has 0 fully saturated rings. The maximum absolute atomic E-state index is 12.7. The van der Waals surface area contributed by atoms with E-state index in [0.717, 1.165) is 5.56 Å². The van der Waals surface area contributed by atoms with Gasteiger partial charge in [-0.15, -0.1) is 0 Å². The summed E-state index contributed by atoms with van der Waals surface area (Å²) in [6.07, 6.45) is 0. The van der Waals surface area contributed by atoms with Gasteiger partial charge in [0.25, 0.3) is 5.91 Å². The number of hydrogen-bond donors (Lipinski definition) is 1. The lowest BCUT2D eigenvalue weighted by molar-refractivity contribution is -0.137. The number of carbonyl (C=O) groups excluding carboxylic acids is 1. The van der Waals surface area contributed by atoms with E-state index in [9.17, 15) is 9.59 Å². The molecular formula is C19H21NO5. The molecule has 0 saturated carbocycles. The van der Waals surface area contributed by atoms with Gasteiger partial charge in [0.05, 0.1) is 6.61 Å². The molecule has 1 N–H and O–H groups in total. The van der Waals surface area contributed by atoms with Crippen LogP contribution in [-0.4, -0.2) is 48.8 Å². The highest BCUT2D eigenvalue weighted by atomic mass is 16.5. The van der Waals surface area contributed by atoms with E-state index in [-0.39, 0.29) is 19.0 Å². The summed E-state index contributed by atoms with van der Waals surface area (Å²) in [4.78, 5) is 25.2. The van der Waals surface area contributed by atoms with Crippen LogP contribution in [0.3, 0.4) is 0 Å². The molecule has 0 unspecified atom stereocenters. The number of carboxylic acids is 1. The van der Waals surface area contributed by atoms with Gasteiger partial charge in [-0.05, 0) is 23.8 Å². The lowest BCUT2D eigenvalue weighted by Crippen LogP contribution is -2.35. The third-order valence-corrected chi connectivity index (χ3v) is 3.47. The minimum atomic E-state index is -1.06. The molecule has 0 bridgehead atoms. The topological polar surface area (TPSA) is 76.1 Å². The number of carboxylic acid groups (broad SMARTS) is 1. The van der Waals surface area contributed by atoms with Crippen molar-refractivity contribution in [2.45, 2.75) is 6.54 Å². The van der Waals surface area contributed by atoms with E-state index in [1.165, 1.54) is 4.90 Å². The zero-order valence-electron chi connectivity index (χ0n) is 14.1. The van der Waals surface area contributed by atoms with Crippen LogP contribution in [-0.2, 0) is 16.1 Å². The molecule has 0 saturated heterocycles. The van der Waals surface area contributed by atoms with E-state index in [1.807, 2.05) is 30.3 Å². The molecule has 0 aliphatic heterocycles. The van der Waals surface area contributed by atoms with Gasteiger partial charge in [-0.25, -0.2) is 0 Å². The van der Waals surface area contributed by atoms with Crippen molar-refractivity contribution < 1.29 is 24.2 Å². The van der Waals surface area contributed by atoms with Crippen molar-refractivity contribution in [2.24, 2.45) is 0 Å². The van der Waals surface area contributed by atoms with Crippen molar-refractivity contribution in [1.82, 2.24) is 4.90 Å². The first kappa shape index (κ1) is 18.5. The molecule has 0 atom stereocenters. The van der Waals surface area contributed by atoms with E-state index in [4.69, 9.17) is 14.6 Å². The highest BCUT2D eigenvalue weighted by molar-refractivity contribution is 5.96. The van der Waals surface area contributed by atoms with Gasteiger partial charge in [-0.3, -0.25) is 9.59 Å². The van der Waals surface area contributed by atoms with Crippen molar-refractivity contribution in [2.75, 3.05) is 26.9 Å². The molecule has 0 aliphatic carbocycles. The number of amides is 1. The fourth-order valence-electron chi connectivity index (χ4n) is 2.31. The van der Waals surface area contributed by atoms with E-state index < -0.39 is 5.97 Å². The highest BCUT2D eigenvalue weighted by Crippen LogP contribution is 2.16. The van der Waals surface area contributed by atoms with Gasteiger partial charge >= 0.3 is 5.97 Å². The maximum Gasteiger partial charge on any atom is 0.323 e. The van der Waals surface area contributed by atoms with Crippen LogP contribution < -0.4 is 4.74 Å². The molecule has 0 spiro atoms. The van der Waals surface area contributed by atoms with Crippen molar-refractivity contribution in [3.63, 3.8) is 0 Å². The first-order chi connectivity index (χ1) is 12.1. The van der Waals surface area contributed by atoms with Crippen molar-refractivity contribution in [3.05, 3.63) is 65.7 Å². The normalized spacial score (nSPS) is 10.3. The molecule has 2 aromatic rings. The Morgan fingerprint density at radius 3 is 2.48 bits per heavy atom. The summed E-state index contributed by atoms with van der Waals surface area (Å²) >= 11 is 0. The number of methoxy groups -OCH3 is 1. The summed E-state index contributed by atoms with van der Waals surface area (Å²) in [7, 11) is 1.58. The van der Waals surface area contributed by atoms with Crippen LogP contribution in [0.4, 0.5) is 0 Å². The Labute approximate surface area is 146 Å². The second kappa shape index (κ2) is 9.44. The molecule has 6 heteroatoms. The molecule has 0 aromatic heterocycles. The summed E-state index contributed by atoms with van der Waals surface area (Å²) < 4.78 is 10.4. The highest BCUT2D eigenvalue weighted by Gasteiger charge is 2.19. The van der Waals surface area contributed by atoms with Gasteiger partial charge in [0.15, 0.2) is 0 Å². The van der Waals surface area contributed by atoms with Gasteiger partial charge in [-0.2, -0.15) is 0 Å². The van der Waals surface area contributed by atoms with E-state index in [2.05, 4.69) is 0 Å². The summed E-state index contributed by atoms with van der Waals surface area (Å²) in [5.41, 5.74) is 1.25. The Bertz CT molecular complexity index is 702. The third kappa shape index (κ3) is 5.93. The fourth-order valence-corrected chi connectivity index (χ4v) is 2.31. The van der Waals surface area contributed by atoms with Gasteiger partial charge in [0.2, 0.25) is 0 Å². The zero-order chi connectivity index (χ0) is 18.1. The van der Waals surface area contributed by atoms with Gasteiger partial charge in [-0.1, -0.05) is 36.4 Å². The number of ether oxygens (including phenoxy) is 2. The minimum absolute atomic E-state index is 0.223. The first-order valence-electron chi connectivity index (χ1n) is 7.87. The Hall–Kier alpha value is -2.86. The van der Waals surface area contributed by atoms with Crippen LogP contribution in [0.5, 0.6) is 5.75 Å². The molecule has 132 valence electrons. The van der Waals surface area contributed by atoms with E-state index >= 15 is 0 Å². The summed E-state index contributed by atoms with van der Waals surface area (Å²) in [5.74, 6) is -0.877. The van der Waals surface area contributed by atoms with Gasteiger partial charge < -0.3 is 19.5 Å². The minimum Gasteiger partial charge on any atom is -0.491 e. The molecule has 6 nitrogen and oxygen atoms in total. The average Bonchev–Trinajstić information content (AvgIpc) is 2.61. The molecule has 1 amide bonds. The summed E-state index contributed by atoms with van der Waals surface area (Å²) in [6.45, 7) is 0.664. The number of aliphatic carboxylic acids is 1. The number of hydrogen-bond acceptors (Lipinski definition) is 4. The van der Waals surface area contributed by atoms with Crippen molar-refractivity contribution in [1.29, 1.82) is 0 Å². The van der Waals surface area contributed by atoms with Crippen LogP contribution in [0.1, 0.15) is 15.9 Å². The molecular weight excluding hydrogens is 322 g/mol. The lowest BCUT2D eigenvalue weighted by atomic mass is 10.1. The SMILES string of the molecule is COCCOc1cccc(C(=O)N(CC(=O)O)Cc2ccccc2)c1. The Balaban J connectivity index is 2.15. The van der Waals surface area contributed by atoms with Crippen LogP contribution in [0.2, 0.25) is 0 Å². The third-order valence-electron chi connectivity index (χ3n) is 3.47. The number of benzene rings is 2.